The molecule has 2 aromatic carbocycles. The third-order valence-electron chi connectivity index (χ3n) is 2.97. The summed E-state index contributed by atoms with van der Waals surface area (Å²) in [6.45, 7) is 1.10. The Morgan fingerprint density at radius 2 is 1.88 bits per heavy atom. The summed E-state index contributed by atoms with van der Waals surface area (Å²) in [6.07, 6.45) is 1.34. The summed E-state index contributed by atoms with van der Waals surface area (Å²) in [6, 6.07) is 9.37. The van der Waals surface area contributed by atoms with Crippen LogP contribution in [0, 0.1) is 10.1 Å². The van der Waals surface area contributed by atoms with E-state index in [1.54, 1.807) is 0 Å². The summed E-state index contributed by atoms with van der Waals surface area (Å²) in [7, 11) is -3.91. The zero-order valence-corrected chi connectivity index (χ0v) is 14.4. The molecule has 25 heavy (non-hydrogen) atoms. The number of nitrogens with one attached hydrogen (secondary N) is 1. The van der Waals surface area contributed by atoms with Crippen LogP contribution in [0.3, 0.4) is 0 Å². The number of non-ortho nitro benzene ring substituents is 1. The number of nitrogens with zero attached hydrogens (tertiary/aromatic N) is 2. The van der Waals surface area contributed by atoms with Crippen molar-refractivity contribution >= 4 is 45.1 Å². The fourth-order valence-corrected chi connectivity index (χ4v) is 3.00. The maximum absolute atomic E-state index is 11.8. The van der Waals surface area contributed by atoms with E-state index >= 15 is 0 Å². The Balaban J connectivity index is 2.25. The maximum Gasteiger partial charge on any atom is 0.270 e. The smallest absolute Gasteiger partial charge is 0.270 e. The third-order valence-corrected chi connectivity index (χ3v) is 4.76. The molecule has 0 saturated carbocycles. The van der Waals surface area contributed by atoms with E-state index in [0.29, 0.717) is 16.3 Å². The molecule has 0 saturated heterocycles. The molecule has 10 heteroatoms. The number of sulfonamides is 1. The van der Waals surface area contributed by atoms with Gasteiger partial charge in [0, 0.05) is 35.9 Å². The van der Waals surface area contributed by atoms with Gasteiger partial charge in [-0.15, -0.1) is 0 Å². The van der Waals surface area contributed by atoms with Crippen LogP contribution in [0.15, 0.2) is 52.4 Å². The lowest BCUT2D eigenvalue weighted by Gasteiger charge is -2.04. The van der Waals surface area contributed by atoms with Gasteiger partial charge in [0.05, 0.1) is 15.5 Å². The largest absolute Gasteiger partial charge is 0.274 e. The molecule has 0 atom stereocenters. The first-order chi connectivity index (χ1) is 11.7. The van der Waals surface area contributed by atoms with Crippen molar-refractivity contribution in [3.63, 3.8) is 0 Å². The maximum atomic E-state index is 11.8. The average Bonchev–Trinajstić information content (AvgIpc) is 2.53. The zero-order valence-electron chi connectivity index (χ0n) is 12.8. The molecule has 0 fully saturated rings. The minimum Gasteiger partial charge on any atom is -0.274 e. The van der Waals surface area contributed by atoms with Crippen LogP contribution < -0.4 is 4.72 Å². The van der Waals surface area contributed by atoms with E-state index in [1.165, 1.54) is 48.7 Å². The van der Waals surface area contributed by atoms with Crippen LogP contribution in [-0.4, -0.2) is 25.5 Å². The third kappa shape index (κ3) is 4.85. The molecule has 0 spiro atoms. The fourth-order valence-electron chi connectivity index (χ4n) is 1.85. The molecule has 2 rings (SSSR count). The summed E-state index contributed by atoms with van der Waals surface area (Å²) in [5, 5.41) is 11.1. The van der Waals surface area contributed by atoms with Crippen molar-refractivity contribution in [3.05, 3.63) is 63.2 Å². The highest BCUT2D eigenvalue weighted by atomic mass is 35.5. The van der Waals surface area contributed by atoms with Crippen LogP contribution >= 0.6 is 11.6 Å². The minimum atomic E-state index is -3.91. The first kappa shape index (κ1) is 18.6. The molecular formula is C15H12ClN3O5S. The Kier molecular flexibility index (Phi) is 5.50. The van der Waals surface area contributed by atoms with E-state index in [9.17, 15) is 23.3 Å². The van der Waals surface area contributed by atoms with E-state index in [4.69, 9.17) is 11.6 Å². The van der Waals surface area contributed by atoms with Crippen LogP contribution in [0.4, 0.5) is 11.4 Å². The van der Waals surface area contributed by atoms with E-state index in [0.717, 1.165) is 6.92 Å². The molecule has 8 nitrogen and oxygen atoms in total. The predicted octanol–water partition coefficient (Wildman–Crippen LogP) is 2.82. The van der Waals surface area contributed by atoms with Crippen LogP contribution in [0.5, 0.6) is 0 Å². The van der Waals surface area contributed by atoms with Crippen LogP contribution in [0.2, 0.25) is 5.02 Å². The highest BCUT2D eigenvalue weighted by Crippen LogP contribution is 2.22. The summed E-state index contributed by atoms with van der Waals surface area (Å²) < 4.78 is 25.5. The molecule has 1 N–H and O–H groups in total. The topological polar surface area (TPSA) is 119 Å². The van der Waals surface area contributed by atoms with Gasteiger partial charge in [-0.25, -0.2) is 13.1 Å². The second-order valence-electron chi connectivity index (χ2n) is 4.88. The van der Waals surface area contributed by atoms with E-state index < -0.39 is 20.9 Å². The molecule has 0 aromatic heterocycles. The first-order valence-corrected chi connectivity index (χ1v) is 8.66. The summed E-state index contributed by atoms with van der Waals surface area (Å²) in [4.78, 5) is 25.1. The van der Waals surface area contributed by atoms with Crippen LogP contribution in [0.25, 0.3) is 0 Å². The molecule has 0 aliphatic rings. The average molecular weight is 382 g/mol. The molecular weight excluding hydrogens is 370 g/mol. The normalized spacial score (nSPS) is 11.4. The number of aliphatic imine (C=N–C) groups is 1. The first-order valence-electron chi connectivity index (χ1n) is 6.80. The van der Waals surface area contributed by atoms with E-state index in [1.807, 2.05) is 4.72 Å². The monoisotopic (exact) mass is 381 g/mol. The van der Waals surface area contributed by atoms with Crippen molar-refractivity contribution in [2.45, 2.75) is 11.8 Å². The second kappa shape index (κ2) is 7.41. The molecule has 1 amide bonds. The Morgan fingerprint density at radius 1 is 1.24 bits per heavy atom. The number of hydrogen-bond acceptors (Lipinski definition) is 6. The predicted molar refractivity (Wildman–Crippen MR) is 92.8 cm³/mol. The van der Waals surface area contributed by atoms with Gasteiger partial charge in [0.2, 0.25) is 5.91 Å². The Bertz CT molecular complexity index is 956. The van der Waals surface area contributed by atoms with Gasteiger partial charge in [-0.3, -0.25) is 19.9 Å². The van der Waals surface area contributed by atoms with Gasteiger partial charge in [-0.2, -0.15) is 0 Å². The molecule has 0 aliphatic heterocycles. The summed E-state index contributed by atoms with van der Waals surface area (Å²) in [5.41, 5.74) is 0.637. The second-order valence-corrected chi connectivity index (χ2v) is 6.97. The lowest BCUT2D eigenvalue weighted by molar-refractivity contribution is -0.384. The summed E-state index contributed by atoms with van der Waals surface area (Å²) >= 11 is 5.97. The van der Waals surface area contributed by atoms with Gasteiger partial charge in [-0.1, -0.05) is 11.6 Å². The van der Waals surface area contributed by atoms with Crippen molar-refractivity contribution in [1.29, 1.82) is 0 Å². The van der Waals surface area contributed by atoms with E-state index in [-0.39, 0.29) is 10.6 Å². The van der Waals surface area contributed by atoms with Crippen molar-refractivity contribution in [2.75, 3.05) is 0 Å². The molecule has 0 radical (unpaired) electrons. The number of nitro groups is 1. The zero-order chi connectivity index (χ0) is 18.6. The Morgan fingerprint density at radius 3 is 2.44 bits per heavy atom. The number of amides is 1. The molecule has 130 valence electrons. The van der Waals surface area contributed by atoms with Crippen LogP contribution in [-0.2, 0) is 14.8 Å². The van der Waals surface area contributed by atoms with Gasteiger partial charge < -0.3 is 0 Å². The van der Waals surface area contributed by atoms with Crippen molar-refractivity contribution in [3.8, 4) is 0 Å². The highest BCUT2D eigenvalue weighted by molar-refractivity contribution is 7.90. The van der Waals surface area contributed by atoms with Gasteiger partial charge in [0.15, 0.2) is 0 Å². The molecule has 0 bridgehead atoms. The SMILES string of the molecule is CC(=O)NS(=O)(=O)c1ccc(N=Cc2cc([N+](=O)[O-])ccc2Cl)cc1. The van der Waals surface area contributed by atoms with Gasteiger partial charge in [-0.05, 0) is 30.3 Å². The van der Waals surface area contributed by atoms with Crippen molar-refractivity contribution < 1.29 is 18.1 Å². The van der Waals surface area contributed by atoms with Gasteiger partial charge in [0.1, 0.15) is 0 Å². The van der Waals surface area contributed by atoms with Gasteiger partial charge in [0.25, 0.3) is 15.7 Å². The highest BCUT2D eigenvalue weighted by Gasteiger charge is 2.14. The fraction of sp³-hybridized carbons (Fsp3) is 0.0667. The number of halogens is 1. The number of carbonyl (C=O) groups excluding carboxylic acids is 1. The minimum absolute atomic E-state index is 0.0879. The molecule has 0 unspecified atom stereocenters. The molecule has 0 aliphatic carbocycles. The number of carbonyl (C=O) groups is 1. The number of benzene rings is 2. The molecule has 0 heterocycles. The molecule has 2 aromatic rings. The van der Waals surface area contributed by atoms with E-state index in [2.05, 4.69) is 4.99 Å². The Labute approximate surface area is 148 Å². The Hall–Kier alpha value is -2.78. The van der Waals surface area contributed by atoms with Crippen molar-refractivity contribution in [2.24, 2.45) is 4.99 Å². The lowest BCUT2D eigenvalue weighted by atomic mass is 10.2. The van der Waals surface area contributed by atoms with Gasteiger partial charge >= 0.3 is 0 Å². The van der Waals surface area contributed by atoms with Crippen LogP contribution in [0.1, 0.15) is 12.5 Å². The van der Waals surface area contributed by atoms with Crippen molar-refractivity contribution in [1.82, 2.24) is 4.72 Å². The standard InChI is InChI=1S/C15H12ClN3O5S/c1-10(20)18-25(23,24)14-5-2-12(3-6-14)17-9-11-8-13(19(21)22)4-7-15(11)16/h2-9H,1H3,(H,18,20). The summed E-state index contributed by atoms with van der Waals surface area (Å²) in [5.74, 6) is -0.692. The quantitative estimate of drug-likeness (QED) is 0.485. The lowest BCUT2D eigenvalue weighted by Crippen LogP contribution is -2.28. The number of rotatable bonds is 5. The number of hydrogen-bond donors (Lipinski definition) is 1. The number of nitro benzene ring substituents is 1.